The molecular formula is C21H24ClN7O. The van der Waals surface area contributed by atoms with E-state index in [0.717, 1.165) is 61.9 Å². The quantitative estimate of drug-likeness (QED) is 0.693. The summed E-state index contributed by atoms with van der Waals surface area (Å²) in [5.41, 5.74) is 8.31. The average molecular weight is 426 g/mol. The van der Waals surface area contributed by atoms with Gasteiger partial charge in [0, 0.05) is 31.1 Å². The number of rotatable bonds is 3. The smallest absolute Gasteiger partial charge is 0.255 e. The molecule has 2 N–H and O–H groups in total. The summed E-state index contributed by atoms with van der Waals surface area (Å²) < 4.78 is 1.72. The normalized spacial score (nSPS) is 19.8. The Hall–Kier alpha value is -2.71. The maximum atomic E-state index is 13.3. The molecule has 1 atom stereocenters. The van der Waals surface area contributed by atoms with Crippen LogP contribution in [0.3, 0.4) is 0 Å². The number of piperidine rings is 1. The molecule has 2 aliphatic rings. The number of nitrogens with two attached hydrogens (primary N) is 1. The van der Waals surface area contributed by atoms with Gasteiger partial charge in [0.15, 0.2) is 5.82 Å². The van der Waals surface area contributed by atoms with Crippen molar-refractivity contribution >= 4 is 34.2 Å². The molecule has 4 heterocycles. The van der Waals surface area contributed by atoms with Gasteiger partial charge in [0.1, 0.15) is 12.1 Å². The Kier molecular flexibility index (Phi) is 4.83. The minimum Gasteiger partial charge on any atom is -0.384 e. The first-order valence-corrected chi connectivity index (χ1v) is 10.7. The number of benzene rings is 1. The van der Waals surface area contributed by atoms with Gasteiger partial charge in [0.25, 0.3) is 5.91 Å². The average Bonchev–Trinajstić information content (AvgIpc) is 3.08. The second-order valence-electron chi connectivity index (χ2n) is 8.18. The lowest BCUT2D eigenvalue weighted by molar-refractivity contribution is 0.0650. The molecular weight excluding hydrogens is 402 g/mol. The first-order valence-electron chi connectivity index (χ1n) is 10.3. The minimum atomic E-state index is 0.0235. The highest BCUT2D eigenvalue weighted by atomic mass is 35.5. The Balaban J connectivity index is 1.72. The number of carbonyl (C=O) groups is 1. The number of amides is 1. The zero-order valence-corrected chi connectivity index (χ0v) is 17.6. The van der Waals surface area contributed by atoms with Crippen LogP contribution < -0.4 is 5.73 Å². The Labute approximate surface area is 179 Å². The molecule has 3 aromatic rings. The van der Waals surface area contributed by atoms with Gasteiger partial charge in [0.05, 0.1) is 22.3 Å². The maximum Gasteiger partial charge on any atom is 0.255 e. The molecule has 8 nitrogen and oxygen atoms in total. The lowest BCUT2D eigenvalue weighted by Crippen LogP contribution is -2.43. The Morgan fingerprint density at radius 2 is 2.03 bits per heavy atom. The van der Waals surface area contributed by atoms with Crippen LogP contribution >= 0.6 is 11.6 Å². The van der Waals surface area contributed by atoms with Crippen molar-refractivity contribution in [2.75, 3.05) is 39.0 Å². The predicted octanol–water partition coefficient (Wildman–Crippen LogP) is 2.71. The summed E-state index contributed by atoms with van der Waals surface area (Å²) in [4.78, 5) is 25.8. The molecule has 0 saturated carbocycles. The summed E-state index contributed by atoms with van der Waals surface area (Å²) in [6, 6.07) is 3.50. The van der Waals surface area contributed by atoms with E-state index in [4.69, 9.17) is 17.3 Å². The highest BCUT2D eigenvalue weighted by molar-refractivity contribution is 6.35. The fourth-order valence-corrected chi connectivity index (χ4v) is 4.83. The molecule has 0 spiro atoms. The Morgan fingerprint density at radius 1 is 1.20 bits per heavy atom. The SMILES string of the molecule is CN1CCCC(c2c(C(=O)N3CCC3)c(Cl)cc3c2cnn3-c2cc(N)ncn2)C1. The molecule has 0 radical (unpaired) electrons. The number of carbonyl (C=O) groups excluding carboxylic acids is 1. The molecule has 156 valence electrons. The Bertz CT molecular complexity index is 1120. The third-order valence-electron chi connectivity index (χ3n) is 6.15. The van der Waals surface area contributed by atoms with Gasteiger partial charge in [-0.25, -0.2) is 14.6 Å². The largest absolute Gasteiger partial charge is 0.384 e. The van der Waals surface area contributed by atoms with Crippen molar-refractivity contribution in [1.29, 1.82) is 0 Å². The van der Waals surface area contributed by atoms with Crippen LogP contribution in [0.2, 0.25) is 5.02 Å². The van der Waals surface area contributed by atoms with Gasteiger partial charge in [0.2, 0.25) is 0 Å². The summed E-state index contributed by atoms with van der Waals surface area (Å²) in [5, 5.41) is 5.98. The van der Waals surface area contributed by atoms with Crippen LogP contribution in [0.4, 0.5) is 5.82 Å². The summed E-state index contributed by atoms with van der Waals surface area (Å²) >= 11 is 6.77. The first kappa shape index (κ1) is 19.3. The van der Waals surface area contributed by atoms with Crippen LogP contribution in [0.15, 0.2) is 24.7 Å². The molecule has 5 rings (SSSR count). The van der Waals surface area contributed by atoms with Crippen LogP contribution in [0.1, 0.15) is 41.1 Å². The van der Waals surface area contributed by atoms with Gasteiger partial charge in [-0.2, -0.15) is 5.10 Å². The third-order valence-corrected chi connectivity index (χ3v) is 6.45. The molecule has 0 bridgehead atoms. The number of anilines is 1. The Morgan fingerprint density at radius 3 is 2.73 bits per heavy atom. The molecule has 1 amide bonds. The van der Waals surface area contributed by atoms with Gasteiger partial charge in [-0.05, 0) is 50.4 Å². The van der Waals surface area contributed by atoms with Crippen LogP contribution in [-0.4, -0.2) is 68.7 Å². The molecule has 0 aliphatic carbocycles. The van der Waals surface area contributed by atoms with Crippen molar-refractivity contribution in [3.05, 3.63) is 40.8 Å². The molecule has 1 aromatic carbocycles. The van der Waals surface area contributed by atoms with E-state index in [0.29, 0.717) is 22.2 Å². The number of fused-ring (bicyclic) bond motifs is 1. The molecule has 1 unspecified atom stereocenters. The van der Waals surface area contributed by atoms with Crippen molar-refractivity contribution in [3.63, 3.8) is 0 Å². The third kappa shape index (κ3) is 3.20. The van der Waals surface area contributed by atoms with Crippen LogP contribution in [0, 0.1) is 0 Å². The highest BCUT2D eigenvalue weighted by Crippen LogP contribution is 2.39. The van der Waals surface area contributed by atoms with Crippen LogP contribution in [-0.2, 0) is 0 Å². The number of aromatic nitrogens is 4. The van der Waals surface area contributed by atoms with Gasteiger partial charge < -0.3 is 15.5 Å². The molecule has 2 aromatic heterocycles. The summed E-state index contributed by atoms with van der Waals surface area (Å²) in [5.74, 6) is 1.18. The van der Waals surface area contributed by atoms with Crippen LogP contribution in [0.5, 0.6) is 0 Å². The van der Waals surface area contributed by atoms with E-state index in [1.807, 2.05) is 17.2 Å². The van der Waals surface area contributed by atoms with Crippen molar-refractivity contribution in [2.24, 2.45) is 0 Å². The highest BCUT2D eigenvalue weighted by Gasteiger charge is 2.32. The molecule has 2 aliphatic heterocycles. The standard InChI is InChI=1S/C21H24ClN7O/c1-27-5-2-4-13(11-27)19-14-10-26-29(18-9-17(23)24-12-25-18)16(14)8-15(22)20(19)21(30)28-6-3-7-28/h8-10,12-13H,2-7,11H2,1H3,(H2,23,24,25). The van der Waals surface area contributed by atoms with Crippen molar-refractivity contribution < 1.29 is 4.79 Å². The van der Waals surface area contributed by atoms with E-state index < -0.39 is 0 Å². The zero-order chi connectivity index (χ0) is 20.8. The number of halogens is 1. The van der Waals surface area contributed by atoms with E-state index >= 15 is 0 Å². The second kappa shape index (κ2) is 7.52. The first-order chi connectivity index (χ1) is 14.5. The van der Waals surface area contributed by atoms with Crippen molar-refractivity contribution in [1.82, 2.24) is 29.5 Å². The fraction of sp³-hybridized carbons (Fsp3) is 0.429. The van der Waals surface area contributed by atoms with Gasteiger partial charge in [-0.1, -0.05) is 11.6 Å². The molecule has 30 heavy (non-hydrogen) atoms. The predicted molar refractivity (Wildman–Crippen MR) is 116 cm³/mol. The van der Waals surface area contributed by atoms with E-state index in [1.165, 1.54) is 6.33 Å². The molecule has 2 saturated heterocycles. The maximum absolute atomic E-state index is 13.3. The van der Waals surface area contributed by atoms with E-state index in [2.05, 4.69) is 27.0 Å². The summed E-state index contributed by atoms with van der Waals surface area (Å²) in [7, 11) is 2.12. The number of likely N-dealkylation sites (N-methyl/N-ethyl adjacent to an activating group) is 1. The van der Waals surface area contributed by atoms with Gasteiger partial charge in [-0.15, -0.1) is 0 Å². The lowest BCUT2D eigenvalue weighted by Gasteiger charge is -2.35. The number of hydrogen-bond donors (Lipinski definition) is 1. The minimum absolute atomic E-state index is 0.0235. The summed E-state index contributed by atoms with van der Waals surface area (Å²) in [6.45, 7) is 3.53. The monoisotopic (exact) mass is 425 g/mol. The number of likely N-dealkylation sites (tertiary alicyclic amines) is 2. The summed E-state index contributed by atoms with van der Waals surface area (Å²) in [6.07, 6.45) is 6.38. The van der Waals surface area contributed by atoms with Crippen LogP contribution in [0.25, 0.3) is 16.7 Å². The number of hydrogen-bond acceptors (Lipinski definition) is 6. The van der Waals surface area contributed by atoms with Gasteiger partial charge >= 0.3 is 0 Å². The lowest BCUT2D eigenvalue weighted by atomic mass is 9.85. The molecule has 9 heteroatoms. The number of nitrogen functional groups attached to an aromatic ring is 1. The van der Waals surface area contributed by atoms with Crippen molar-refractivity contribution in [3.8, 4) is 5.82 Å². The van der Waals surface area contributed by atoms with E-state index in [9.17, 15) is 4.79 Å². The molecule has 2 fully saturated rings. The number of nitrogens with zero attached hydrogens (tertiary/aromatic N) is 6. The fourth-order valence-electron chi connectivity index (χ4n) is 4.54. The van der Waals surface area contributed by atoms with E-state index in [1.54, 1.807) is 10.7 Å². The topological polar surface area (TPSA) is 93.2 Å². The van der Waals surface area contributed by atoms with Gasteiger partial charge in [-0.3, -0.25) is 4.79 Å². The second-order valence-corrected chi connectivity index (χ2v) is 8.59. The van der Waals surface area contributed by atoms with E-state index in [-0.39, 0.29) is 11.8 Å². The van der Waals surface area contributed by atoms with Crippen molar-refractivity contribution in [2.45, 2.75) is 25.2 Å². The zero-order valence-electron chi connectivity index (χ0n) is 16.9.